The molecule has 1 aromatic rings. The number of amides is 1. The van der Waals surface area contributed by atoms with Gasteiger partial charge in [0.1, 0.15) is 17.3 Å². The average molecular weight is 284 g/mol. The molecule has 1 aliphatic rings. The van der Waals surface area contributed by atoms with Crippen LogP contribution in [0.25, 0.3) is 0 Å². The van der Waals surface area contributed by atoms with Crippen LogP contribution < -0.4 is 10.6 Å². The van der Waals surface area contributed by atoms with E-state index < -0.39 is 23.2 Å². The molecule has 6 heteroatoms. The molecule has 1 heterocycles. The predicted octanol–water partition coefficient (Wildman–Crippen LogP) is 2.06. The number of halogens is 2. The third-order valence-corrected chi connectivity index (χ3v) is 3.33. The largest absolute Gasteiger partial charge is 0.377 e. The van der Waals surface area contributed by atoms with Crippen molar-refractivity contribution in [3.63, 3.8) is 0 Å². The predicted molar refractivity (Wildman–Crippen MR) is 71.4 cm³/mol. The van der Waals surface area contributed by atoms with E-state index in [9.17, 15) is 13.6 Å². The SMILES string of the molecule is CC(NCC(=O)Nc1c(F)cccc1F)C1CCCO1. The molecule has 1 aromatic carbocycles. The van der Waals surface area contributed by atoms with Crippen LogP contribution in [0.15, 0.2) is 18.2 Å². The van der Waals surface area contributed by atoms with Crippen LogP contribution in [-0.2, 0) is 9.53 Å². The Kier molecular flexibility index (Phi) is 5.03. The van der Waals surface area contributed by atoms with Crippen molar-refractivity contribution in [2.75, 3.05) is 18.5 Å². The number of nitrogens with one attached hydrogen (secondary N) is 2. The Bertz CT molecular complexity index is 456. The molecule has 0 aliphatic carbocycles. The van der Waals surface area contributed by atoms with Crippen molar-refractivity contribution in [1.82, 2.24) is 5.32 Å². The highest BCUT2D eigenvalue weighted by Gasteiger charge is 2.22. The summed E-state index contributed by atoms with van der Waals surface area (Å²) in [4.78, 5) is 11.7. The highest BCUT2D eigenvalue weighted by atomic mass is 19.1. The first-order chi connectivity index (χ1) is 9.58. The zero-order valence-corrected chi connectivity index (χ0v) is 11.3. The number of hydrogen-bond donors (Lipinski definition) is 2. The Hall–Kier alpha value is -1.53. The van der Waals surface area contributed by atoms with E-state index in [2.05, 4.69) is 10.6 Å². The number of ether oxygens (including phenoxy) is 1. The summed E-state index contributed by atoms with van der Waals surface area (Å²) in [7, 11) is 0. The van der Waals surface area contributed by atoms with Gasteiger partial charge in [0.2, 0.25) is 5.91 Å². The lowest BCUT2D eigenvalue weighted by Gasteiger charge is -2.19. The van der Waals surface area contributed by atoms with E-state index in [4.69, 9.17) is 4.74 Å². The Morgan fingerprint density at radius 3 is 2.75 bits per heavy atom. The molecular formula is C14H18F2N2O2. The summed E-state index contributed by atoms with van der Waals surface area (Å²) in [6.45, 7) is 2.64. The van der Waals surface area contributed by atoms with Crippen molar-refractivity contribution in [3.8, 4) is 0 Å². The van der Waals surface area contributed by atoms with Crippen molar-refractivity contribution < 1.29 is 18.3 Å². The summed E-state index contributed by atoms with van der Waals surface area (Å²) in [6, 6.07) is 3.47. The standard InChI is InChI=1S/C14H18F2N2O2/c1-9(12-6-3-7-20-12)17-8-13(19)18-14-10(15)4-2-5-11(14)16/h2,4-5,9,12,17H,3,6-8H2,1H3,(H,18,19). The molecule has 0 radical (unpaired) electrons. The number of para-hydroxylation sites is 1. The topological polar surface area (TPSA) is 50.4 Å². The number of carbonyl (C=O) groups is 1. The fraction of sp³-hybridized carbons (Fsp3) is 0.500. The Labute approximate surface area is 116 Å². The minimum absolute atomic E-state index is 0.0190. The van der Waals surface area contributed by atoms with Gasteiger partial charge in [0.25, 0.3) is 0 Å². The van der Waals surface area contributed by atoms with Crippen molar-refractivity contribution >= 4 is 11.6 Å². The molecule has 0 saturated carbocycles. The Balaban J connectivity index is 1.83. The first-order valence-electron chi connectivity index (χ1n) is 6.67. The van der Waals surface area contributed by atoms with E-state index >= 15 is 0 Å². The fourth-order valence-corrected chi connectivity index (χ4v) is 2.18. The number of carbonyl (C=O) groups excluding carboxylic acids is 1. The number of hydrogen-bond acceptors (Lipinski definition) is 3. The molecule has 1 amide bonds. The summed E-state index contributed by atoms with van der Waals surface area (Å²) in [6.07, 6.45) is 2.06. The van der Waals surface area contributed by atoms with Crippen molar-refractivity contribution in [1.29, 1.82) is 0 Å². The van der Waals surface area contributed by atoms with Gasteiger partial charge in [0.05, 0.1) is 12.6 Å². The Morgan fingerprint density at radius 1 is 1.45 bits per heavy atom. The highest BCUT2D eigenvalue weighted by Crippen LogP contribution is 2.18. The lowest BCUT2D eigenvalue weighted by Crippen LogP contribution is -2.41. The Morgan fingerprint density at radius 2 is 2.15 bits per heavy atom. The quantitative estimate of drug-likeness (QED) is 0.870. The second-order valence-corrected chi connectivity index (χ2v) is 4.87. The van der Waals surface area contributed by atoms with Gasteiger partial charge >= 0.3 is 0 Å². The van der Waals surface area contributed by atoms with Crippen LogP contribution in [0.3, 0.4) is 0 Å². The monoisotopic (exact) mass is 284 g/mol. The lowest BCUT2D eigenvalue weighted by molar-refractivity contribution is -0.115. The molecule has 1 fully saturated rings. The van der Waals surface area contributed by atoms with Crippen LogP contribution in [-0.4, -0.2) is 31.2 Å². The van der Waals surface area contributed by atoms with Crippen LogP contribution in [0, 0.1) is 11.6 Å². The van der Waals surface area contributed by atoms with E-state index in [1.54, 1.807) is 0 Å². The number of rotatable bonds is 5. The third-order valence-electron chi connectivity index (χ3n) is 3.33. The molecule has 2 atom stereocenters. The maximum atomic E-state index is 13.4. The zero-order valence-electron chi connectivity index (χ0n) is 11.3. The van der Waals surface area contributed by atoms with Gasteiger partial charge in [-0.05, 0) is 31.9 Å². The molecule has 0 aromatic heterocycles. The molecule has 2 rings (SSSR count). The van der Waals surface area contributed by atoms with E-state index in [0.717, 1.165) is 31.6 Å². The molecule has 1 saturated heterocycles. The van der Waals surface area contributed by atoms with Gasteiger partial charge in [-0.3, -0.25) is 4.79 Å². The van der Waals surface area contributed by atoms with Gasteiger partial charge in [0.15, 0.2) is 0 Å². The van der Waals surface area contributed by atoms with Crippen LogP contribution in [0.2, 0.25) is 0 Å². The maximum Gasteiger partial charge on any atom is 0.238 e. The minimum Gasteiger partial charge on any atom is -0.377 e. The first kappa shape index (κ1) is 14.9. The molecular weight excluding hydrogens is 266 g/mol. The average Bonchev–Trinajstić information content (AvgIpc) is 2.94. The van der Waals surface area contributed by atoms with E-state index in [-0.39, 0.29) is 18.7 Å². The number of benzene rings is 1. The van der Waals surface area contributed by atoms with Crippen molar-refractivity contribution in [2.24, 2.45) is 0 Å². The third kappa shape index (κ3) is 3.74. The summed E-state index contributed by atoms with van der Waals surface area (Å²) >= 11 is 0. The van der Waals surface area contributed by atoms with Crippen LogP contribution in [0.1, 0.15) is 19.8 Å². The molecule has 1 aliphatic heterocycles. The van der Waals surface area contributed by atoms with Crippen LogP contribution >= 0.6 is 0 Å². The van der Waals surface area contributed by atoms with Crippen molar-refractivity contribution in [2.45, 2.75) is 31.9 Å². The van der Waals surface area contributed by atoms with Gasteiger partial charge in [-0.25, -0.2) is 8.78 Å². The molecule has 2 unspecified atom stereocenters. The van der Waals surface area contributed by atoms with E-state index in [1.807, 2.05) is 6.92 Å². The van der Waals surface area contributed by atoms with Crippen LogP contribution in [0.4, 0.5) is 14.5 Å². The summed E-state index contributed by atoms with van der Waals surface area (Å²) < 4.78 is 32.2. The van der Waals surface area contributed by atoms with Crippen molar-refractivity contribution in [3.05, 3.63) is 29.8 Å². The normalized spacial score (nSPS) is 19.9. The lowest BCUT2D eigenvalue weighted by atomic mass is 10.1. The van der Waals surface area contributed by atoms with Gasteiger partial charge in [-0.1, -0.05) is 6.07 Å². The second-order valence-electron chi connectivity index (χ2n) is 4.87. The second kappa shape index (κ2) is 6.76. The van der Waals surface area contributed by atoms with Gasteiger partial charge in [-0.2, -0.15) is 0 Å². The van der Waals surface area contributed by atoms with E-state index in [1.165, 1.54) is 6.07 Å². The highest BCUT2D eigenvalue weighted by molar-refractivity contribution is 5.92. The van der Waals surface area contributed by atoms with Gasteiger partial charge in [0, 0.05) is 12.6 Å². The number of anilines is 1. The zero-order chi connectivity index (χ0) is 14.5. The molecule has 20 heavy (non-hydrogen) atoms. The van der Waals surface area contributed by atoms with Gasteiger partial charge in [-0.15, -0.1) is 0 Å². The fourth-order valence-electron chi connectivity index (χ4n) is 2.18. The smallest absolute Gasteiger partial charge is 0.238 e. The summed E-state index contributed by atoms with van der Waals surface area (Å²) in [5, 5.41) is 5.23. The van der Waals surface area contributed by atoms with Crippen LogP contribution in [0.5, 0.6) is 0 Å². The maximum absolute atomic E-state index is 13.4. The van der Waals surface area contributed by atoms with E-state index in [0.29, 0.717) is 0 Å². The molecule has 0 spiro atoms. The van der Waals surface area contributed by atoms with Gasteiger partial charge < -0.3 is 15.4 Å². The minimum atomic E-state index is -0.787. The molecule has 2 N–H and O–H groups in total. The summed E-state index contributed by atoms with van der Waals surface area (Å²) in [5.74, 6) is -2.06. The first-order valence-corrected chi connectivity index (χ1v) is 6.67. The molecule has 0 bridgehead atoms. The molecule has 110 valence electrons. The summed E-state index contributed by atoms with van der Waals surface area (Å²) in [5.41, 5.74) is -0.413. The molecule has 4 nitrogen and oxygen atoms in total.